The van der Waals surface area contributed by atoms with Crippen molar-refractivity contribution in [2.75, 3.05) is 24.2 Å². The number of methoxy groups -OCH3 is 1. The lowest BCUT2D eigenvalue weighted by Crippen LogP contribution is -2.40. The summed E-state index contributed by atoms with van der Waals surface area (Å²) in [6, 6.07) is 21.0. The largest absolute Gasteiger partial charge is 0.496 e. The third-order valence-electron chi connectivity index (χ3n) is 4.93. The number of carbonyl (C=O) groups excluding carboxylic acids is 1. The van der Waals surface area contributed by atoms with Gasteiger partial charge in [-0.15, -0.1) is 11.8 Å². The Labute approximate surface area is 193 Å². The maximum absolute atomic E-state index is 13.4. The smallest absolute Gasteiger partial charge is 0.264 e. The zero-order valence-electron chi connectivity index (χ0n) is 18.2. The van der Waals surface area contributed by atoms with Gasteiger partial charge in [0.1, 0.15) is 12.3 Å². The number of hydrogen-bond acceptors (Lipinski definition) is 5. The Morgan fingerprint density at radius 2 is 1.66 bits per heavy atom. The van der Waals surface area contributed by atoms with Crippen LogP contribution in [0.2, 0.25) is 0 Å². The Morgan fingerprint density at radius 3 is 2.28 bits per heavy atom. The zero-order chi connectivity index (χ0) is 23.1. The fourth-order valence-electron chi connectivity index (χ4n) is 3.13. The van der Waals surface area contributed by atoms with Crippen molar-refractivity contribution in [1.82, 2.24) is 5.32 Å². The van der Waals surface area contributed by atoms with Crippen LogP contribution in [-0.2, 0) is 21.4 Å². The first-order valence-electron chi connectivity index (χ1n) is 9.97. The maximum atomic E-state index is 13.4. The van der Waals surface area contributed by atoms with E-state index in [1.165, 1.54) is 11.8 Å². The molecule has 3 rings (SSSR count). The van der Waals surface area contributed by atoms with E-state index in [4.69, 9.17) is 4.74 Å². The first-order chi connectivity index (χ1) is 15.3. The van der Waals surface area contributed by atoms with Crippen molar-refractivity contribution in [1.29, 1.82) is 0 Å². The molecule has 0 saturated carbocycles. The van der Waals surface area contributed by atoms with Gasteiger partial charge in [0.2, 0.25) is 5.91 Å². The minimum Gasteiger partial charge on any atom is -0.496 e. The van der Waals surface area contributed by atoms with E-state index in [9.17, 15) is 13.2 Å². The molecule has 6 nitrogen and oxygen atoms in total. The number of aryl methyl sites for hydroxylation is 1. The number of hydrogen-bond donors (Lipinski definition) is 1. The molecule has 3 aromatic carbocycles. The van der Waals surface area contributed by atoms with Gasteiger partial charge in [0.05, 0.1) is 17.7 Å². The summed E-state index contributed by atoms with van der Waals surface area (Å²) >= 11 is 1.53. The monoisotopic (exact) mass is 470 g/mol. The number of sulfonamides is 1. The van der Waals surface area contributed by atoms with Crippen LogP contribution in [0.5, 0.6) is 5.75 Å². The second-order valence-corrected chi connectivity index (χ2v) is 9.85. The number of benzene rings is 3. The molecule has 0 heterocycles. The maximum Gasteiger partial charge on any atom is 0.264 e. The molecule has 0 aliphatic carbocycles. The van der Waals surface area contributed by atoms with Crippen LogP contribution in [0.3, 0.4) is 0 Å². The summed E-state index contributed by atoms with van der Waals surface area (Å²) in [6.45, 7) is 1.81. The normalized spacial score (nSPS) is 11.1. The van der Waals surface area contributed by atoms with Crippen molar-refractivity contribution in [3.05, 3.63) is 83.9 Å². The van der Waals surface area contributed by atoms with E-state index < -0.39 is 15.9 Å². The van der Waals surface area contributed by atoms with Crippen LogP contribution in [0.25, 0.3) is 0 Å². The Balaban J connectivity index is 1.85. The number of nitrogens with zero attached hydrogens (tertiary/aromatic N) is 1. The van der Waals surface area contributed by atoms with Crippen molar-refractivity contribution in [3.8, 4) is 5.75 Å². The number of rotatable bonds is 9. The molecular weight excluding hydrogens is 444 g/mol. The Kier molecular flexibility index (Phi) is 7.82. The lowest BCUT2D eigenvalue weighted by Gasteiger charge is -2.24. The molecule has 1 amide bonds. The summed E-state index contributed by atoms with van der Waals surface area (Å²) in [5.74, 6) is 0.241. The fourth-order valence-corrected chi connectivity index (χ4v) is 4.96. The van der Waals surface area contributed by atoms with Gasteiger partial charge in [0.15, 0.2) is 0 Å². The van der Waals surface area contributed by atoms with Crippen molar-refractivity contribution in [2.45, 2.75) is 23.3 Å². The van der Waals surface area contributed by atoms with Crippen LogP contribution >= 0.6 is 11.8 Å². The minimum absolute atomic E-state index is 0.133. The summed E-state index contributed by atoms with van der Waals surface area (Å²) in [7, 11) is -2.38. The number of amides is 1. The Morgan fingerprint density at radius 1 is 1.00 bits per heavy atom. The predicted molar refractivity (Wildman–Crippen MR) is 129 cm³/mol. The molecule has 168 valence electrons. The Bertz CT molecular complexity index is 1160. The molecule has 0 fully saturated rings. The van der Waals surface area contributed by atoms with Crippen molar-refractivity contribution >= 4 is 33.4 Å². The van der Waals surface area contributed by atoms with Gasteiger partial charge in [-0.2, -0.15) is 0 Å². The van der Waals surface area contributed by atoms with E-state index in [0.717, 1.165) is 20.3 Å². The topological polar surface area (TPSA) is 75.7 Å². The van der Waals surface area contributed by atoms with Crippen LogP contribution in [0.1, 0.15) is 11.1 Å². The standard InChI is InChI=1S/C24H26N2O4S2/c1-18-8-10-20(11-9-18)26(32(28,29)22-14-12-21(31-3)13-15-22)17-24(27)25-16-19-6-4-5-7-23(19)30-2/h4-15H,16-17H2,1-3H3,(H,25,27). The molecule has 0 unspecified atom stereocenters. The molecule has 0 atom stereocenters. The predicted octanol–water partition coefficient (Wildman–Crippen LogP) is 4.24. The highest BCUT2D eigenvalue weighted by molar-refractivity contribution is 7.98. The van der Waals surface area contributed by atoms with Crippen molar-refractivity contribution < 1.29 is 17.9 Å². The van der Waals surface area contributed by atoms with Gasteiger partial charge in [-0.3, -0.25) is 9.10 Å². The van der Waals surface area contributed by atoms with Crippen LogP contribution in [0, 0.1) is 6.92 Å². The van der Waals surface area contributed by atoms with Crippen molar-refractivity contribution in [2.24, 2.45) is 0 Å². The number of carbonyl (C=O) groups is 1. The third-order valence-corrected chi connectivity index (χ3v) is 7.46. The molecule has 0 saturated heterocycles. The van der Waals surface area contributed by atoms with E-state index in [1.807, 2.05) is 49.6 Å². The molecule has 0 spiro atoms. The van der Waals surface area contributed by atoms with Crippen molar-refractivity contribution in [3.63, 3.8) is 0 Å². The first kappa shape index (κ1) is 23.7. The van der Waals surface area contributed by atoms with E-state index in [-0.39, 0.29) is 18.0 Å². The quantitative estimate of drug-likeness (QED) is 0.474. The fraction of sp³-hybridized carbons (Fsp3) is 0.208. The summed E-state index contributed by atoms with van der Waals surface area (Å²) in [5, 5.41) is 2.80. The molecule has 0 aliphatic rings. The summed E-state index contributed by atoms with van der Waals surface area (Å²) < 4.78 is 33.3. The van der Waals surface area contributed by atoms with E-state index >= 15 is 0 Å². The average molecular weight is 471 g/mol. The molecule has 8 heteroatoms. The van der Waals surface area contributed by atoms with Crippen LogP contribution < -0.4 is 14.4 Å². The molecule has 0 aromatic heterocycles. The zero-order valence-corrected chi connectivity index (χ0v) is 19.9. The second kappa shape index (κ2) is 10.6. The number of ether oxygens (including phenoxy) is 1. The number of nitrogens with one attached hydrogen (secondary N) is 1. The van der Waals surface area contributed by atoms with Gasteiger partial charge in [0.25, 0.3) is 10.0 Å². The number of thioether (sulfide) groups is 1. The number of para-hydroxylation sites is 1. The van der Waals surface area contributed by atoms with Crippen LogP contribution in [0.15, 0.2) is 82.6 Å². The van der Waals surface area contributed by atoms with Crippen LogP contribution in [0.4, 0.5) is 5.69 Å². The van der Waals surface area contributed by atoms with Gasteiger partial charge < -0.3 is 10.1 Å². The number of anilines is 1. The summed E-state index contributed by atoms with van der Waals surface area (Å²) in [6.07, 6.45) is 1.92. The molecule has 32 heavy (non-hydrogen) atoms. The van der Waals surface area contributed by atoms with Gasteiger partial charge in [-0.1, -0.05) is 35.9 Å². The Hall–Kier alpha value is -2.97. The molecule has 0 aliphatic heterocycles. The van der Waals surface area contributed by atoms with E-state index in [2.05, 4.69) is 5.32 Å². The first-order valence-corrected chi connectivity index (χ1v) is 12.6. The lowest BCUT2D eigenvalue weighted by atomic mass is 10.2. The summed E-state index contributed by atoms with van der Waals surface area (Å²) in [4.78, 5) is 13.9. The van der Waals surface area contributed by atoms with E-state index in [1.54, 1.807) is 43.5 Å². The molecular formula is C24H26N2O4S2. The van der Waals surface area contributed by atoms with E-state index in [0.29, 0.717) is 11.4 Å². The van der Waals surface area contributed by atoms with Gasteiger partial charge in [-0.05, 0) is 55.6 Å². The van der Waals surface area contributed by atoms with Gasteiger partial charge in [-0.25, -0.2) is 8.42 Å². The minimum atomic E-state index is -3.94. The lowest BCUT2D eigenvalue weighted by molar-refractivity contribution is -0.119. The van der Waals surface area contributed by atoms with Crippen LogP contribution in [-0.4, -0.2) is 34.2 Å². The highest BCUT2D eigenvalue weighted by atomic mass is 32.2. The second-order valence-electron chi connectivity index (χ2n) is 7.11. The molecule has 3 aromatic rings. The average Bonchev–Trinajstić information content (AvgIpc) is 2.82. The SMILES string of the molecule is COc1ccccc1CNC(=O)CN(c1ccc(C)cc1)S(=O)(=O)c1ccc(SC)cc1. The highest BCUT2D eigenvalue weighted by Crippen LogP contribution is 2.26. The molecule has 0 bridgehead atoms. The molecule has 0 radical (unpaired) electrons. The van der Waals surface area contributed by atoms with Gasteiger partial charge >= 0.3 is 0 Å². The highest BCUT2D eigenvalue weighted by Gasteiger charge is 2.27. The summed E-state index contributed by atoms with van der Waals surface area (Å²) in [5.41, 5.74) is 2.23. The van der Waals surface area contributed by atoms with Gasteiger partial charge in [0, 0.05) is 17.0 Å². The third kappa shape index (κ3) is 5.63. The molecule has 1 N–H and O–H groups in total.